The normalized spacial score (nSPS) is 22.9. The molecule has 1 aliphatic carbocycles. The molecule has 1 aromatic heterocycles. The van der Waals surface area contributed by atoms with Crippen molar-refractivity contribution in [1.82, 2.24) is 14.7 Å². The van der Waals surface area contributed by atoms with Gasteiger partial charge in [-0.05, 0) is 31.7 Å². The second-order valence-corrected chi connectivity index (χ2v) is 5.99. The second-order valence-electron chi connectivity index (χ2n) is 5.99. The van der Waals surface area contributed by atoms with Crippen LogP contribution >= 0.6 is 0 Å². The summed E-state index contributed by atoms with van der Waals surface area (Å²) in [5.74, 6) is -0.910. The summed E-state index contributed by atoms with van der Waals surface area (Å²) in [4.78, 5) is 25.4. The van der Waals surface area contributed by atoms with E-state index in [2.05, 4.69) is 5.10 Å². The highest BCUT2D eigenvalue weighted by molar-refractivity contribution is 5.93. The molecule has 2 aliphatic rings. The van der Waals surface area contributed by atoms with Gasteiger partial charge in [-0.1, -0.05) is 12.8 Å². The molecule has 0 spiro atoms. The van der Waals surface area contributed by atoms with Gasteiger partial charge in [-0.25, -0.2) is 0 Å². The van der Waals surface area contributed by atoms with Crippen molar-refractivity contribution in [2.45, 2.75) is 57.0 Å². The van der Waals surface area contributed by atoms with E-state index in [-0.39, 0.29) is 18.4 Å². The van der Waals surface area contributed by atoms with Crippen LogP contribution in [0.1, 0.15) is 61.5 Å². The third kappa shape index (κ3) is 2.80. The van der Waals surface area contributed by atoms with Crippen LogP contribution in [0.15, 0.2) is 12.3 Å². The van der Waals surface area contributed by atoms with Crippen LogP contribution in [0.25, 0.3) is 0 Å². The third-order valence-corrected chi connectivity index (χ3v) is 4.61. The zero-order valence-corrected chi connectivity index (χ0v) is 12.1. The van der Waals surface area contributed by atoms with Crippen molar-refractivity contribution in [3.05, 3.63) is 18.0 Å². The predicted octanol–water partition coefficient (Wildman–Crippen LogP) is 2.08. The molecule has 0 aromatic carbocycles. The van der Waals surface area contributed by atoms with E-state index in [1.807, 2.05) is 4.68 Å². The van der Waals surface area contributed by atoms with E-state index in [0.29, 0.717) is 18.3 Å². The number of amides is 1. The van der Waals surface area contributed by atoms with Gasteiger partial charge in [0.25, 0.3) is 5.91 Å². The summed E-state index contributed by atoms with van der Waals surface area (Å²) in [6.45, 7) is 0.645. The maximum Gasteiger partial charge on any atom is 0.305 e. The molecule has 114 valence electrons. The highest BCUT2D eigenvalue weighted by Crippen LogP contribution is 2.31. The smallest absolute Gasteiger partial charge is 0.305 e. The Hall–Kier alpha value is -1.85. The molecule has 2 fully saturated rings. The average molecular weight is 291 g/mol. The fraction of sp³-hybridized carbons (Fsp3) is 0.667. The number of aromatic nitrogens is 2. The average Bonchev–Trinajstić information content (AvgIpc) is 3.18. The van der Waals surface area contributed by atoms with E-state index in [9.17, 15) is 9.59 Å². The van der Waals surface area contributed by atoms with Gasteiger partial charge in [-0.3, -0.25) is 14.3 Å². The van der Waals surface area contributed by atoms with Crippen LogP contribution in [0, 0.1) is 0 Å². The summed E-state index contributed by atoms with van der Waals surface area (Å²) in [7, 11) is 0. The highest BCUT2D eigenvalue weighted by Gasteiger charge is 2.33. The number of hydrogen-bond donors (Lipinski definition) is 1. The van der Waals surface area contributed by atoms with Gasteiger partial charge in [0.15, 0.2) is 0 Å². The number of carbonyl (C=O) groups excluding carboxylic acids is 1. The minimum atomic E-state index is -0.844. The number of carboxylic acid groups (broad SMARTS) is 1. The van der Waals surface area contributed by atoms with Crippen LogP contribution in [0.5, 0.6) is 0 Å². The summed E-state index contributed by atoms with van der Waals surface area (Å²) in [6, 6.07) is 1.90. The minimum absolute atomic E-state index is 0.0311. The Bertz CT molecular complexity index is 534. The number of nitrogens with zero attached hydrogens (tertiary/aromatic N) is 3. The van der Waals surface area contributed by atoms with Crippen LogP contribution in [-0.4, -0.2) is 44.3 Å². The maximum atomic E-state index is 12.7. The van der Waals surface area contributed by atoms with Crippen LogP contribution < -0.4 is 0 Å². The van der Waals surface area contributed by atoms with Crippen molar-refractivity contribution >= 4 is 11.9 Å². The molecule has 1 saturated carbocycles. The lowest BCUT2D eigenvalue weighted by Crippen LogP contribution is -2.38. The molecule has 2 heterocycles. The van der Waals surface area contributed by atoms with Gasteiger partial charge in [-0.2, -0.15) is 5.10 Å². The highest BCUT2D eigenvalue weighted by atomic mass is 16.4. The molecule has 1 amide bonds. The Morgan fingerprint density at radius 3 is 2.71 bits per heavy atom. The number of hydrogen-bond acceptors (Lipinski definition) is 3. The van der Waals surface area contributed by atoms with Crippen molar-refractivity contribution in [1.29, 1.82) is 0 Å². The summed E-state index contributed by atoms with van der Waals surface area (Å²) in [5.41, 5.74) is 0.610. The molecule has 6 heteroatoms. The van der Waals surface area contributed by atoms with Gasteiger partial charge in [0.05, 0.1) is 12.5 Å². The van der Waals surface area contributed by atoms with Crippen molar-refractivity contribution in [3.8, 4) is 0 Å². The SMILES string of the molecule is O=C(O)CC1CCCN1C(=O)c1ccnn1C1CCCC1. The lowest BCUT2D eigenvalue weighted by atomic mass is 10.1. The molecular formula is C15H21N3O3. The number of aliphatic carboxylic acids is 1. The van der Waals surface area contributed by atoms with Crippen LogP contribution in [-0.2, 0) is 4.79 Å². The Kier molecular flexibility index (Phi) is 3.94. The van der Waals surface area contributed by atoms with Gasteiger partial charge in [0, 0.05) is 18.8 Å². The fourth-order valence-corrected chi connectivity index (χ4v) is 3.59. The number of carbonyl (C=O) groups is 2. The second kappa shape index (κ2) is 5.87. The first-order valence-corrected chi connectivity index (χ1v) is 7.73. The van der Waals surface area contributed by atoms with Crippen molar-refractivity contribution < 1.29 is 14.7 Å². The maximum absolute atomic E-state index is 12.7. The molecule has 21 heavy (non-hydrogen) atoms. The molecule has 1 saturated heterocycles. The number of rotatable bonds is 4. The standard InChI is InChI=1S/C15H21N3O3/c19-14(20)10-12-6-3-9-17(12)15(21)13-7-8-16-18(13)11-4-1-2-5-11/h7-8,11-12H,1-6,9-10H2,(H,19,20). The predicted molar refractivity (Wildman–Crippen MR) is 76.0 cm³/mol. The molecule has 1 N–H and O–H groups in total. The van der Waals surface area contributed by atoms with E-state index < -0.39 is 5.97 Å². The van der Waals surface area contributed by atoms with Crippen LogP contribution in [0.3, 0.4) is 0 Å². The molecule has 0 radical (unpaired) electrons. The zero-order valence-electron chi connectivity index (χ0n) is 12.1. The Morgan fingerprint density at radius 2 is 2.00 bits per heavy atom. The van der Waals surface area contributed by atoms with Crippen LogP contribution in [0.4, 0.5) is 0 Å². The van der Waals surface area contributed by atoms with Gasteiger partial charge in [-0.15, -0.1) is 0 Å². The third-order valence-electron chi connectivity index (χ3n) is 4.61. The number of carboxylic acids is 1. The molecule has 3 rings (SSSR count). The van der Waals surface area contributed by atoms with E-state index >= 15 is 0 Å². The lowest BCUT2D eigenvalue weighted by Gasteiger charge is -2.24. The molecule has 1 aromatic rings. The summed E-state index contributed by atoms with van der Waals surface area (Å²) >= 11 is 0. The molecule has 6 nitrogen and oxygen atoms in total. The molecule has 1 atom stereocenters. The van der Waals surface area contributed by atoms with E-state index in [1.54, 1.807) is 17.2 Å². The van der Waals surface area contributed by atoms with Crippen molar-refractivity contribution in [2.75, 3.05) is 6.54 Å². The number of likely N-dealkylation sites (tertiary alicyclic amines) is 1. The van der Waals surface area contributed by atoms with E-state index in [1.165, 1.54) is 12.8 Å². The van der Waals surface area contributed by atoms with Crippen LogP contribution in [0.2, 0.25) is 0 Å². The topological polar surface area (TPSA) is 75.4 Å². The molecule has 0 bridgehead atoms. The Labute approximate surface area is 123 Å². The Balaban J connectivity index is 1.78. The largest absolute Gasteiger partial charge is 0.481 e. The van der Waals surface area contributed by atoms with Gasteiger partial charge in [0.2, 0.25) is 0 Å². The summed E-state index contributed by atoms with van der Waals surface area (Å²) < 4.78 is 1.85. The fourth-order valence-electron chi connectivity index (χ4n) is 3.59. The minimum Gasteiger partial charge on any atom is -0.481 e. The Morgan fingerprint density at radius 1 is 1.24 bits per heavy atom. The summed E-state index contributed by atoms with van der Waals surface area (Å²) in [5, 5.41) is 13.3. The van der Waals surface area contributed by atoms with E-state index in [0.717, 1.165) is 25.7 Å². The van der Waals surface area contributed by atoms with Gasteiger partial charge in [0.1, 0.15) is 5.69 Å². The van der Waals surface area contributed by atoms with E-state index in [4.69, 9.17) is 5.11 Å². The quantitative estimate of drug-likeness (QED) is 0.921. The molecule has 1 aliphatic heterocycles. The van der Waals surface area contributed by atoms with Crippen molar-refractivity contribution in [3.63, 3.8) is 0 Å². The molecule has 1 unspecified atom stereocenters. The van der Waals surface area contributed by atoms with Gasteiger partial charge < -0.3 is 10.0 Å². The first-order chi connectivity index (χ1) is 10.2. The first-order valence-electron chi connectivity index (χ1n) is 7.73. The van der Waals surface area contributed by atoms with Gasteiger partial charge >= 0.3 is 5.97 Å². The monoisotopic (exact) mass is 291 g/mol. The van der Waals surface area contributed by atoms with Crippen molar-refractivity contribution in [2.24, 2.45) is 0 Å². The zero-order chi connectivity index (χ0) is 14.8. The summed E-state index contributed by atoms with van der Waals surface area (Å²) in [6.07, 6.45) is 7.86. The molecular weight excluding hydrogens is 270 g/mol. The first kappa shape index (κ1) is 14.1. The lowest BCUT2D eigenvalue weighted by molar-refractivity contribution is -0.137.